The predicted molar refractivity (Wildman–Crippen MR) is 85.2 cm³/mol. The summed E-state index contributed by atoms with van der Waals surface area (Å²) in [4.78, 5) is 17.1. The number of allylic oxidation sites excluding steroid dienone is 1. The zero-order valence-corrected chi connectivity index (χ0v) is 14.4. The molecule has 0 fully saturated rings. The molecule has 2 rings (SSSR count). The van der Waals surface area contributed by atoms with E-state index in [0.29, 0.717) is 0 Å². The molecule has 0 bridgehead atoms. The summed E-state index contributed by atoms with van der Waals surface area (Å²) in [7, 11) is -2.22. The predicted octanol–water partition coefficient (Wildman–Crippen LogP) is 3.43. The van der Waals surface area contributed by atoms with E-state index in [9.17, 15) is 4.79 Å². The summed E-state index contributed by atoms with van der Waals surface area (Å²) >= 11 is 0. The fourth-order valence-electron chi connectivity index (χ4n) is 2.15. The first-order chi connectivity index (χ1) is 8.81. The number of hydrogen-bond acceptors (Lipinski definition) is 1. The smallest absolute Gasteiger partial charge is 0.263 e. The Kier molecular flexibility index (Phi) is 3.83. The SMILES string of the molecule is CC1=Cc2c(cccc2C(=O)[N][Si](C)(C)[Si](C)C)C1. The second-order valence-corrected chi connectivity index (χ2v) is 18.0. The zero-order valence-electron chi connectivity index (χ0n) is 12.4. The van der Waals surface area contributed by atoms with Crippen molar-refractivity contribution in [2.75, 3.05) is 0 Å². The van der Waals surface area contributed by atoms with Crippen molar-refractivity contribution < 1.29 is 4.79 Å². The lowest BCUT2D eigenvalue weighted by molar-refractivity contribution is 0.0975. The van der Waals surface area contributed by atoms with Crippen LogP contribution in [0.15, 0.2) is 23.8 Å². The Balaban J connectivity index is 2.29. The van der Waals surface area contributed by atoms with Crippen molar-refractivity contribution in [1.82, 2.24) is 4.98 Å². The molecule has 0 saturated carbocycles. The molecule has 1 aliphatic carbocycles. The summed E-state index contributed by atoms with van der Waals surface area (Å²) in [5.41, 5.74) is 4.47. The van der Waals surface area contributed by atoms with E-state index in [0.717, 1.165) is 17.5 Å². The van der Waals surface area contributed by atoms with Gasteiger partial charge in [0, 0.05) is 5.56 Å². The number of fused-ring (bicyclic) bond motifs is 1. The molecule has 0 N–H and O–H groups in total. The van der Waals surface area contributed by atoms with E-state index in [4.69, 9.17) is 0 Å². The van der Waals surface area contributed by atoms with Crippen LogP contribution in [0.5, 0.6) is 0 Å². The lowest BCUT2D eigenvalue weighted by atomic mass is 10.0. The highest BCUT2D eigenvalue weighted by atomic mass is 29.2. The topological polar surface area (TPSA) is 31.2 Å². The van der Waals surface area contributed by atoms with Gasteiger partial charge in [-0.15, -0.1) is 0 Å². The number of amides is 1. The number of benzene rings is 1. The van der Waals surface area contributed by atoms with Gasteiger partial charge in [0.2, 0.25) is 0 Å². The molecule has 0 saturated heterocycles. The van der Waals surface area contributed by atoms with Crippen molar-refractivity contribution in [1.29, 1.82) is 0 Å². The highest BCUT2D eigenvalue weighted by molar-refractivity contribution is 7.30. The Hall–Kier alpha value is -1.14. The maximum Gasteiger partial charge on any atom is 0.263 e. The molecule has 1 aromatic rings. The molecule has 0 aromatic heterocycles. The average Bonchev–Trinajstić information content (AvgIpc) is 2.67. The standard InChI is InChI=1S/C15H21NOSi2/c1-11-9-12-7-6-8-13(14(12)10-11)15(17)16-19(4,5)18(2)3/h6-8,10H,9H2,1-5H3. The summed E-state index contributed by atoms with van der Waals surface area (Å²) in [5, 5.41) is 0. The molecule has 0 spiro atoms. The van der Waals surface area contributed by atoms with Crippen molar-refractivity contribution in [3.63, 3.8) is 0 Å². The fourth-order valence-corrected chi connectivity index (χ4v) is 3.98. The number of nitrogens with zero attached hydrogens (tertiary/aromatic N) is 1. The highest BCUT2D eigenvalue weighted by Crippen LogP contribution is 2.28. The molecule has 100 valence electrons. The first-order valence-corrected chi connectivity index (χ1v) is 13.1. The Bertz CT molecular complexity index is 547. The van der Waals surface area contributed by atoms with E-state index < -0.39 is 16.1 Å². The van der Waals surface area contributed by atoms with Gasteiger partial charge in [-0.1, -0.05) is 50.0 Å². The molecular weight excluding hydrogens is 266 g/mol. The Morgan fingerprint density at radius 3 is 2.63 bits per heavy atom. The maximum absolute atomic E-state index is 12.5. The van der Waals surface area contributed by atoms with Crippen LogP contribution in [-0.4, -0.2) is 22.0 Å². The van der Waals surface area contributed by atoms with Crippen LogP contribution >= 0.6 is 0 Å². The quantitative estimate of drug-likeness (QED) is 0.784. The van der Waals surface area contributed by atoms with Crippen LogP contribution in [0.25, 0.3) is 6.08 Å². The molecule has 2 nitrogen and oxygen atoms in total. The van der Waals surface area contributed by atoms with Crippen LogP contribution < -0.4 is 4.98 Å². The van der Waals surface area contributed by atoms with Crippen LogP contribution in [0.3, 0.4) is 0 Å². The Labute approximate surface area is 118 Å². The molecule has 0 unspecified atom stereocenters. The number of rotatable bonds is 3. The number of carbonyl (C=O) groups excluding carboxylic acids is 1. The van der Waals surface area contributed by atoms with Gasteiger partial charge >= 0.3 is 0 Å². The van der Waals surface area contributed by atoms with Gasteiger partial charge in [0.15, 0.2) is 7.75 Å². The Morgan fingerprint density at radius 1 is 1.32 bits per heavy atom. The summed E-state index contributed by atoms with van der Waals surface area (Å²) in [6.07, 6.45) is 3.10. The summed E-state index contributed by atoms with van der Waals surface area (Å²) < 4.78 is 0. The van der Waals surface area contributed by atoms with Gasteiger partial charge in [0.1, 0.15) is 0 Å². The second-order valence-electron chi connectivity index (χ2n) is 6.02. The molecule has 19 heavy (non-hydrogen) atoms. The minimum absolute atomic E-state index is 0.00864. The van der Waals surface area contributed by atoms with Gasteiger partial charge in [0.25, 0.3) is 5.91 Å². The lowest BCUT2D eigenvalue weighted by Crippen LogP contribution is -2.53. The van der Waals surface area contributed by atoms with Crippen LogP contribution in [0.1, 0.15) is 28.4 Å². The van der Waals surface area contributed by atoms with E-state index in [1.54, 1.807) is 0 Å². The van der Waals surface area contributed by atoms with Gasteiger partial charge in [-0.05, 0) is 30.5 Å². The van der Waals surface area contributed by atoms with Gasteiger partial charge < -0.3 is 0 Å². The monoisotopic (exact) mass is 287 g/mol. The molecule has 1 aliphatic rings. The summed E-state index contributed by atoms with van der Waals surface area (Å²) in [6.45, 7) is 11.0. The van der Waals surface area contributed by atoms with Crippen molar-refractivity contribution in [3.8, 4) is 0 Å². The highest BCUT2D eigenvalue weighted by Gasteiger charge is 2.32. The maximum atomic E-state index is 12.5. The van der Waals surface area contributed by atoms with E-state index in [1.165, 1.54) is 11.1 Å². The fraction of sp³-hybridized carbons (Fsp3) is 0.400. The molecule has 0 heterocycles. The Morgan fingerprint density at radius 2 is 2.00 bits per heavy atom. The van der Waals surface area contributed by atoms with Crippen molar-refractivity contribution >= 4 is 28.1 Å². The third kappa shape index (κ3) is 2.90. The molecular formula is C15H21NOSi2. The van der Waals surface area contributed by atoms with Gasteiger partial charge in [-0.3, -0.25) is 9.78 Å². The van der Waals surface area contributed by atoms with E-state index in [-0.39, 0.29) is 5.91 Å². The van der Waals surface area contributed by atoms with Crippen LogP contribution in [-0.2, 0) is 6.42 Å². The zero-order chi connectivity index (χ0) is 14.2. The average molecular weight is 288 g/mol. The van der Waals surface area contributed by atoms with Crippen molar-refractivity contribution in [3.05, 3.63) is 40.5 Å². The van der Waals surface area contributed by atoms with Gasteiger partial charge in [0.05, 0.1) is 8.31 Å². The molecule has 4 heteroatoms. The van der Waals surface area contributed by atoms with E-state index >= 15 is 0 Å². The summed E-state index contributed by atoms with van der Waals surface area (Å²) in [5.74, 6) is -0.00864. The summed E-state index contributed by atoms with van der Waals surface area (Å²) in [6, 6.07) is 6.00. The number of carbonyl (C=O) groups is 1. The van der Waals surface area contributed by atoms with Gasteiger partial charge in [-0.25, -0.2) is 0 Å². The minimum Gasteiger partial charge on any atom is -0.290 e. The first kappa shape index (κ1) is 14.3. The second kappa shape index (κ2) is 5.09. The lowest BCUT2D eigenvalue weighted by Gasteiger charge is -2.24. The first-order valence-electron chi connectivity index (χ1n) is 6.68. The normalized spacial score (nSPS) is 14.3. The largest absolute Gasteiger partial charge is 0.290 e. The van der Waals surface area contributed by atoms with E-state index in [1.807, 2.05) is 12.1 Å². The molecule has 0 atom stereocenters. The van der Waals surface area contributed by atoms with Crippen LogP contribution in [0.4, 0.5) is 0 Å². The van der Waals surface area contributed by atoms with Crippen molar-refractivity contribution in [2.45, 2.75) is 39.5 Å². The third-order valence-electron chi connectivity index (χ3n) is 3.89. The molecule has 1 amide bonds. The third-order valence-corrected chi connectivity index (χ3v) is 14.8. The van der Waals surface area contributed by atoms with Crippen LogP contribution in [0, 0.1) is 0 Å². The molecule has 1 aromatic carbocycles. The molecule has 0 aliphatic heterocycles. The van der Waals surface area contributed by atoms with Crippen molar-refractivity contribution in [2.24, 2.45) is 0 Å². The minimum atomic E-state index is -1.72. The van der Waals surface area contributed by atoms with Gasteiger partial charge in [-0.2, -0.15) is 0 Å². The van der Waals surface area contributed by atoms with Crippen LogP contribution in [0.2, 0.25) is 26.2 Å². The van der Waals surface area contributed by atoms with E-state index in [2.05, 4.69) is 50.2 Å². The molecule has 2 radical (unpaired) electrons. The number of hydrogen-bond donors (Lipinski definition) is 0.